The predicted molar refractivity (Wildman–Crippen MR) is 61.4 cm³/mol. The van der Waals surface area contributed by atoms with Crippen molar-refractivity contribution in [1.82, 2.24) is 0 Å². The van der Waals surface area contributed by atoms with Crippen molar-refractivity contribution in [2.45, 2.75) is 0 Å². The summed E-state index contributed by atoms with van der Waals surface area (Å²) in [5.41, 5.74) is 1.59. The van der Waals surface area contributed by atoms with Gasteiger partial charge in [0, 0.05) is 10.4 Å². The molecule has 0 N–H and O–H groups in total. The van der Waals surface area contributed by atoms with Crippen molar-refractivity contribution in [3.05, 3.63) is 50.2 Å². The summed E-state index contributed by atoms with van der Waals surface area (Å²) in [6.07, 6.45) is 0. The first-order valence-corrected chi connectivity index (χ1v) is 5.47. The minimum atomic E-state index is -0.375. The van der Waals surface area contributed by atoms with Crippen LogP contribution < -0.4 is 0 Å². The molecular weight excluding hydrogens is 234 g/mol. The molecule has 0 atom stereocenters. The maximum Gasteiger partial charge on any atom is 0.287 e. The molecule has 0 aliphatic carbocycles. The Morgan fingerprint density at radius 3 is 2.47 bits per heavy atom. The van der Waals surface area contributed by atoms with Crippen molar-refractivity contribution in [3.63, 3.8) is 0 Å². The average Bonchev–Trinajstić information content (AvgIpc) is 2.67. The molecule has 0 aliphatic heterocycles. The summed E-state index contributed by atoms with van der Waals surface area (Å²) in [6, 6.07) is 6.99. The van der Waals surface area contributed by atoms with E-state index >= 15 is 0 Å². The molecule has 0 aliphatic rings. The summed E-state index contributed by atoms with van der Waals surface area (Å²) in [7, 11) is 0. The smallest absolute Gasteiger partial charge is 0.258 e. The Morgan fingerprint density at radius 2 is 1.87 bits per heavy atom. The van der Waals surface area contributed by atoms with Gasteiger partial charge in [0.2, 0.25) is 0 Å². The van der Waals surface area contributed by atoms with E-state index in [0.29, 0.717) is 10.6 Å². The van der Waals surface area contributed by atoms with Crippen LogP contribution in [0, 0.1) is 10.1 Å². The number of nitrogens with zero attached hydrogens (tertiary/aromatic N) is 1. The molecule has 0 spiro atoms. The third-order valence-electron chi connectivity index (χ3n) is 1.99. The fraction of sp³-hybridized carbons (Fsp3) is 0. The van der Waals surface area contributed by atoms with Crippen LogP contribution in [0.2, 0.25) is 5.02 Å². The van der Waals surface area contributed by atoms with Crippen LogP contribution in [0.1, 0.15) is 0 Å². The number of nitro groups is 1. The summed E-state index contributed by atoms with van der Waals surface area (Å²) < 4.78 is 0. The van der Waals surface area contributed by atoms with Crippen molar-refractivity contribution in [2.75, 3.05) is 0 Å². The van der Waals surface area contributed by atoms with Gasteiger partial charge in [-0.25, -0.2) is 0 Å². The number of halogens is 1. The van der Waals surface area contributed by atoms with Crippen molar-refractivity contribution in [1.29, 1.82) is 0 Å². The number of rotatable bonds is 2. The molecule has 0 unspecified atom stereocenters. The maximum atomic E-state index is 10.7. The molecular formula is C10H6ClNO2S. The lowest BCUT2D eigenvalue weighted by atomic mass is 10.1. The van der Waals surface area contributed by atoms with E-state index in [1.54, 1.807) is 29.6 Å². The summed E-state index contributed by atoms with van der Waals surface area (Å²) in [5, 5.41) is 14.6. The highest BCUT2D eigenvalue weighted by Crippen LogP contribution is 2.33. The zero-order chi connectivity index (χ0) is 10.8. The Labute approximate surface area is 95.1 Å². The molecule has 1 aromatic heterocycles. The van der Waals surface area contributed by atoms with Crippen LogP contribution in [0.4, 0.5) is 5.69 Å². The summed E-state index contributed by atoms with van der Waals surface area (Å²) >= 11 is 7.06. The average molecular weight is 240 g/mol. The van der Waals surface area contributed by atoms with Gasteiger partial charge >= 0.3 is 0 Å². The third-order valence-corrected chi connectivity index (χ3v) is 2.98. The fourth-order valence-electron chi connectivity index (χ4n) is 1.28. The van der Waals surface area contributed by atoms with Gasteiger partial charge in [-0.05, 0) is 17.7 Å². The minimum absolute atomic E-state index is 0.141. The highest BCUT2D eigenvalue weighted by molar-refractivity contribution is 7.08. The molecule has 76 valence electrons. The normalized spacial score (nSPS) is 10.2. The van der Waals surface area contributed by atoms with Gasteiger partial charge in [-0.1, -0.05) is 23.7 Å². The van der Waals surface area contributed by atoms with E-state index in [1.807, 2.05) is 0 Å². The van der Waals surface area contributed by atoms with Gasteiger partial charge in [-0.2, -0.15) is 0 Å². The molecule has 1 aromatic carbocycles. The Kier molecular flexibility index (Phi) is 2.70. The molecule has 15 heavy (non-hydrogen) atoms. The van der Waals surface area contributed by atoms with Gasteiger partial charge in [0.25, 0.3) is 5.69 Å². The van der Waals surface area contributed by atoms with E-state index in [9.17, 15) is 10.1 Å². The van der Waals surface area contributed by atoms with Crippen molar-refractivity contribution in [2.24, 2.45) is 0 Å². The molecule has 1 heterocycles. The Bertz CT molecular complexity index is 492. The van der Waals surface area contributed by atoms with Gasteiger partial charge in [0.05, 0.1) is 15.9 Å². The van der Waals surface area contributed by atoms with Gasteiger partial charge in [-0.15, -0.1) is 11.3 Å². The van der Waals surface area contributed by atoms with E-state index in [4.69, 9.17) is 11.6 Å². The minimum Gasteiger partial charge on any atom is -0.258 e. The van der Waals surface area contributed by atoms with Crippen LogP contribution >= 0.6 is 22.9 Å². The Balaban J connectivity index is 2.49. The number of thiophene rings is 1. The van der Waals surface area contributed by atoms with Crippen LogP contribution in [0.15, 0.2) is 35.0 Å². The standard InChI is InChI=1S/C10H6ClNO2S/c11-8-3-1-7(2-4-8)9-5-15-6-10(9)12(13)14/h1-6H. The van der Waals surface area contributed by atoms with E-state index in [-0.39, 0.29) is 10.6 Å². The zero-order valence-electron chi connectivity index (χ0n) is 7.51. The molecule has 0 fully saturated rings. The number of hydrogen-bond acceptors (Lipinski definition) is 3. The van der Waals surface area contributed by atoms with Crippen molar-refractivity contribution in [3.8, 4) is 11.1 Å². The molecule has 0 amide bonds. The molecule has 0 saturated heterocycles. The highest BCUT2D eigenvalue weighted by atomic mass is 35.5. The van der Waals surface area contributed by atoms with E-state index in [0.717, 1.165) is 5.56 Å². The first-order chi connectivity index (χ1) is 7.18. The number of hydrogen-bond donors (Lipinski definition) is 0. The lowest BCUT2D eigenvalue weighted by Gasteiger charge is -1.97. The second-order valence-corrected chi connectivity index (χ2v) is 4.11. The summed E-state index contributed by atoms with van der Waals surface area (Å²) in [4.78, 5) is 10.3. The fourth-order valence-corrected chi connectivity index (χ4v) is 2.21. The zero-order valence-corrected chi connectivity index (χ0v) is 9.09. The molecule has 2 rings (SSSR count). The van der Waals surface area contributed by atoms with E-state index in [1.165, 1.54) is 16.7 Å². The second-order valence-electron chi connectivity index (χ2n) is 2.93. The Hall–Kier alpha value is -1.39. The third kappa shape index (κ3) is 2.00. The van der Waals surface area contributed by atoms with Crippen molar-refractivity contribution >= 4 is 28.6 Å². The number of benzene rings is 1. The second kappa shape index (κ2) is 4.00. The predicted octanol–water partition coefficient (Wildman–Crippen LogP) is 3.98. The molecule has 0 bridgehead atoms. The van der Waals surface area contributed by atoms with E-state index in [2.05, 4.69) is 0 Å². The van der Waals surface area contributed by atoms with Gasteiger partial charge in [-0.3, -0.25) is 10.1 Å². The molecule has 2 aromatic rings. The maximum absolute atomic E-state index is 10.7. The van der Waals surface area contributed by atoms with Crippen LogP contribution in [0.25, 0.3) is 11.1 Å². The van der Waals surface area contributed by atoms with Gasteiger partial charge < -0.3 is 0 Å². The first-order valence-electron chi connectivity index (χ1n) is 4.15. The highest BCUT2D eigenvalue weighted by Gasteiger charge is 2.15. The van der Waals surface area contributed by atoms with Crippen molar-refractivity contribution < 1.29 is 4.92 Å². The summed E-state index contributed by atoms with van der Waals surface area (Å²) in [6.45, 7) is 0. The van der Waals surface area contributed by atoms with Gasteiger partial charge in [0.15, 0.2) is 0 Å². The van der Waals surface area contributed by atoms with E-state index < -0.39 is 0 Å². The lowest BCUT2D eigenvalue weighted by Crippen LogP contribution is -1.87. The molecule has 5 heteroatoms. The quantitative estimate of drug-likeness (QED) is 0.588. The van der Waals surface area contributed by atoms with Crippen LogP contribution in [0.3, 0.4) is 0 Å². The molecule has 0 saturated carbocycles. The SMILES string of the molecule is O=[N+]([O-])c1cscc1-c1ccc(Cl)cc1. The van der Waals surface area contributed by atoms with Crippen LogP contribution in [-0.2, 0) is 0 Å². The largest absolute Gasteiger partial charge is 0.287 e. The monoisotopic (exact) mass is 239 g/mol. The molecule has 0 radical (unpaired) electrons. The lowest BCUT2D eigenvalue weighted by molar-refractivity contribution is -0.383. The Morgan fingerprint density at radius 1 is 1.20 bits per heavy atom. The van der Waals surface area contributed by atoms with Crippen LogP contribution in [-0.4, -0.2) is 4.92 Å². The first kappa shape index (κ1) is 10.1. The summed E-state index contributed by atoms with van der Waals surface area (Å²) in [5.74, 6) is 0. The topological polar surface area (TPSA) is 43.1 Å². The molecule has 3 nitrogen and oxygen atoms in total. The van der Waals surface area contributed by atoms with Crippen LogP contribution in [0.5, 0.6) is 0 Å². The van der Waals surface area contributed by atoms with Gasteiger partial charge in [0.1, 0.15) is 0 Å².